The molecule has 0 aliphatic carbocycles. The fraction of sp³-hybridized carbons (Fsp3) is 0.333. The van der Waals surface area contributed by atoms with Crippen LogP contribution < -0.4 is 11.4 Å². The molecule has 0 saturated carbocycles. The highest BCUT2D eigenvalue weighted by atomic mass is 35.5. The zero-order chi connectivity index (χ0) is 15.6. The van der Waals surface area contributed by atoms with Crippen LogP contribution in [-0.4, -0.2) is 38.6 Å². The van der Waals surface area contributed by atoms with E-state index in [1.165, 1.54) is 6.20 Å². The Balaban J connectivity index is 2.53. The van der Waals surface area contributed by atoms with Gasteiger partial charge >= 0.3 is 5.69 Å². The molecule has 0 aromatic carbocycles. The van der Waals surface area contributed by atoms with Gasteiger partial charge in [0.2, 0.25) is 0 Å². The highest BCUT2D eigenvalue weighted by Crippen LogP contribution is 2.33. The van der Waals surface area contributed by atoms with Crippen molar-refractivity contribution in [1.82, 2.24) is 9.55 Å². The van der Waals surface area contributed by atoms with Gasteiger partial charge in [-0.15, -0.1) is 0 Å². The Morgan fingerprint density at radius 3 is 2.95 bits per heavy atom. The molecule has 1 aromatic heterocycles. The van der Waals surface area contributed by atoms with Gasteiger partial charge in [0.15, 0.2) is 6.23 Å². The van der Waals surface area contributed by atoms with Crippen LogP contribution in [0.15, 0.2) is 22.9 Å². The summed E-state index contributed by atoms with van der Waals surface area (Å²) in [6.45, 7) is -0.541. The second kappa shape index (κ2) is 6.24. The number of hydrogen-bond acceptors (Lipinski definition) is 6. The lowest BCUT2D eigenvalue weighted by Crippen LogP contribution is -2.29. The fourth-order valence-electron chi connectivity index (χ4n) is 1.96. The molecule has 2 heterocycles. The fourth-order valence-corrected chi connectivity index (χ4v) is 2.07. The van der Waals surface area contributed by atoms with Gasteiger partial charge in [0.25, 0.3) is 0 Å². The number of aliphatic hydroxyl groups excluding tert-OH is 2. The first kappa shape index (κ1) is 15.5. The largest absolute Gasteiger partial charge is 0.394 e. The minimum Gasteiger partial charge on any atom is -0.394 e. The van der Waals surface area contributed by atoms with E-state index >= 15 is 0 Å². The van der Waals surface area contributed by atoms with Crippen LogP contribution in [0.1, 0.15) is 11.8 Å². The van der Waals surface area contributed by atoms with E-state index in [2.05, 4.69) is 16.3 Å². The van der Waals surface area contributed by atoms with Crippen molar-refractivity contribution in [3.8, 4) is 11.3 Å². The van der Waals surface area contributed by atoms with Gasteiger partial charge in [0, 0.05) is 17.1 Å². The van der Waals surface area contributed by atoms with Crippen molar-refractivity contribution in [2.45, 2.75) is 18.4 Å². The highest BCUT2D eigenvalue weighted by molar-refractivity contribution is 6.30. The lowest BCUT2D eigenvalue weighted by molar-refractivity contribution is -0.0447. The Kier molecular flexibility index (Phi) is 4.59. The van der Waals surface area contributed by atoms with Crippen LogP contribution >= 0.6 is 11.6 Å². The molecule has 1 aliphatic heterocycles. The summed E-state index contributed by atoms with van der Waals surface area (Å²) in [4.78, 5) is 15.4. The quantitative estimate of drug-likeness (QED) is 0.633. The zero-order valence-corrected chi connectivity index (χ0v) is 11.3. The predicted molar refractivity (Wildman–Crippen MR) is 71.8 cm³/mol. The van der Waals surface area contributed by atoms with Crippen molar-refractivity contribution >= 4 is 17.4 Å². The van der Waals surface area contributed by atoms with Gasteiger partial charge in [0.05, 0.1) is 18.5 Å². The summed E-state index contributed by atoms with van der Waals surface area (Å²) >= 11 is 5.28. The molecule has 1 aromatic rings. The summed E-state index contributed by atoms with van der Waals surface area (Å²) in [6.07, 6.45) is -2.36. The lowest BCUT2D eigenvalue weighted by atomic mass is 10.1. The first-order valence-corrected chi connectivity index (χ1v) is 6.16. The molecule has 112 valence electrons. The van der Waals surface area contributed by atoms with E-state index in [-0.39, 0.29) is 23.3 Å². The molecule has 0 bridgehead atoms. The van der Waals surface area contributed by atoms with E-state index in [1.54, 1.807) is 0 Å². The standard InChI is InChI=1S/C12H11ClFN3O4/c13-2-1-6-4-17(12(20)16-10(6)15)11-7(3-14)9(19)8(5-18)21-11/h3-4,8-9,11,18-19H,5H2,(H2,15,16,20). The van der Waals surface area contributed by atoms with Crippen LogP contribution in [0, 0.1) is 11.3 Å². The number of nitrogen functional groups attached to an aromatic ring is 1. The number of ether oxygens (including phenoxy) is 1. The molecule has 3 atom stereocenters. The number of nitrogens with zero attached hydrogens (tertiary/aromatic N) is 2. The molecule has 2 rings (SSSR count). The molecule has 0 amide bonds. The third-order valence-corrected chi connectivity index (χ3v) is 3.10. The minimum absolute atomic E-state index is 0.126. The molecular formula is C12H11ClFN3O4. The van der Waals surface area contributed by atoms with E-state index in [4.69, 9.17) is 27.2 Å². The van der Waals surface area contributed by atoms with Crippen molar-refractivity contribution < 1.29 is 19.3 Å². The Morgan fingerprint density at radius 1 is 1.67 bits per heavy atom. The molecule has 1 aliphatic rings. The number of anilines is 1. The van der Waals surface area contributed by atoms with Crippen LogP contribution in [0.5, 0.6) is 0 Å². The summed E-state index contributed by atoms with van der Waals surface area (Å²) in [5.41, 5.74) is 4.63. The average Bonchev–Trinajstić information content (AvgIpc) is 2.78. The van der Waals surface area contributed by atoms with Crippen LogP contribution in [0.2, 0.25) is 0 Å². The van der Waals surface area contributed by atoms with Crippen molar-refractivity contribution in [2.75, 3.05) is 12.3 Å². The van der Waals surface area contributed by atoms with Crippen LogP contribution in [0.3, 0.4) is 0 Å². The topological polar surface area (TPSA) is 111 Å². The summed E-state index contributed by atoms with van der Waals surface area (Å²) in [6, 6.07) is 0. The number of rotatable bonds is 2. The van der Waals surface area contributed by atoms with Crippen LogP contribution in [0.4, 0.5) is 10.2 Å². The molecule has 0 spiro atoms. The molecular weight excluding hydrogens is 305 g/mol. The van der Waals surface area contributed by atoms with Gasteiger partial charge < -0.3 is 20.7 Å². The van der Waals surface area contributed by atoms with Gasteiger partial charge in [-0.2, -0.15) is 4.98 Å². The van der Waals surface area contributed by atoms with E-state index in [9.17, 15) is 14.3 Å². The molecule has 1 saturated heterocycles. The maximum absolute atomic E-state index is 13.0. The van der Waals surface area contributed by atoms with Gasteiger partial charge in [-0.05, 0) is 17.5 Å². The SMILES string of the molecule is Nc1nc(=O)n(C2OC(CO)C(O)C2=CF)cc1C#CCl. The molecule has 4 N–H and O–H groups in total. The van der Waals surface area contributed by atoms with E-state index in [1.807, 2.05) is 0 Å². The number of aliphatic hydroxyl groups is 2. The zero-order valence-electron chi connectivity index (χ0n) is 10.5. The van der Waals surface area contributed by atoms with E-state index < -0.39 is 30.7 Å². The second-order valence-electron chi connectivity index (χ2n) is 4.21. The average molecular weight is 316 g/mol. The van der Waals surface area contributed by atoms with Gasteiger partial charge in [0.1, 0.15) is 18.0 Å². The normalized spacial score (nSPS) is 26.7. The van der Waals surface area contributed by atoms with Crippen molar-refractivity contribution in [1.29, 1.82) is 0 Å². The highest BCUT2D eigenvalue weighted by Gasteiger charge is 2.40. The van der Waals surface area contributed by atoms with Crippen LogP contribution in [0.25, 0.3) is 0 Å². The number of nitrogens with two attached hydrogens (primary N) is 1. The Hall–Kier alpha value is -1.92. The molecule has 1 fully saturated rings. The smallest absolute Gasteiger partial charge is 0.351 e. The van der Waals surface area contributed by atoms with Crippen molar-refractivity contribution in [3.63, 3.8) is 0 Å². The Bertz CT molecular complexity index is 694. The molecule has 0 radical (unpaired) electrons. The molecule has 21 heavy (non-hydrogen) atoms. The van der Waals surface area contributed by atoms with Gasteiger partial charge in [-0.25, -0.2) is 9.18 Å². The van der Waals surface area contributed by atoms with Crippen molar-refractivity contribution in [3.05, 3.63) is 34.1 Å². The second-order valence-corrected chi connectivity index (χ2v) is 4.40. The monoisotopic (exact) mass is 315 g/mol. The Morgan fingerprint density at radius 2 is 2.38 bits per heavy atom. The lowest BCUT2D eigenvalue weighted by Gasteiger charge is -2.15. The number of hydrogen-bond donors (Lipinski definition) is 3. The van der Waals surface area contributed by atoms with E-state index in [0.29, 0.717) is 0 Å². The van der Waals surface area contributed by atoms with Crippen LogP contribution in [-0.2, 0) is 4.74 Å². The van der Waals surface area contributed by atoms with Gasteiger partial charge in [-0.3, -0.25) is 4.57 Å². The molecule has 9 heteroatoms. The first-order valence-electron chi connectivity index (χ1n) is 5.78. The van der Waals surface area contributed by atoms with Gasteiger partial charge in [-0.1, -0.05) is 0 Å². The number of aromatic nitrogens is 2. The molecule has 7 nitrogen and oxygen atoms in total. The number of halogens is 2. The summed E-state index contributed by atoms with van der Waals surface area (Å²) in [5.74, 6) is 2.29. The third kappa shape index (κ3) is 2.77. The van der Waals surface area contributed by atoms with E-state index in [0.717, 1.165) is 4.57 Å². The first-order chi connectivity index (χ1) is 10.0. The summed E-state index contributed by atoms with van der Waals surface area (Å²) < 4.78 is 19.1. The van der Waals surface area contributed by atoms with Crippen molar-refractivity contribution in [2.24, 2.45) is 0 Å². The predicted octanol–water partition coefficient (Wildman–Crippen LogP) is -0.523. The third-order valence-electron chi connectivity index (χ3n) is 3.00. The maximum atomic E-state index is 13.0. The summed E-state index contributed by atoms with van der Waals surface area (Å²) in [7, 11) is 0. The molecule has 3 unspecified atom stereocenters. The summed E-state index contributed by atoms with van der Waals surface area (Å²) in [5, 5.41) is 20.9. The minimum atomic E-state index is -1.38. The Labute approximate surface area is 123 Å². The maximum Gasteiger partial charge on any atom is 0.351 e.